The van der Waals surface area contributed by atoms with Crippen molar-refractivity contribution in [1.29, 1.82) is 0 Å². The van der Waals surface area contributed by atoms with Crippen molar-refractivity contribution in [2.45, 2.75) is 19.8 Å². The summed E-state index contributed by atoms with van der Waals surface area (Å²) in [5.74, 6) is 0.199. The van der Waals surface area contributed by atoms with Gasteiger partial charge in [-0.15, -0.1) is 10.2 Å². The number of aromatic nitrogens is 3. The lowest BCUT2D eigenvalue weighted by atomic mass is 10.1. The Balaban J connectivity index is 2.03. The standard InChI is InChI=1S/C11H13N5O2/c1-7-10(18)13-11(16-14-7)15-12-6-8-4-2-3-5-9(8)17/h2,4,6,17H,3,5H2,1H3,(H2,13,15,16,18)/b12-6+. The topological polar surface area (TPSA) is 104 Å². The lowest BCUT2D eigenvalue weighted by Crippen LogP contribution is -2.01. The van der Waals surface area contributed by atoms with Crippen molar-refractivity contribution in [3.63, 3.8) is 0 Å². The van der Waals surface area contributed by atoms with Gasteiger partial charge in [-0.1, -0.05) is 12.2 Å². The van der Waals surface area contributed by atoms with Crippen LogP contribution in [0, 0.1) is 6.92 Å². The highest BCUT2D eigenvalue weighted by Crippen LogP contribution is 2.14. The van der Waals surface area contributed by atoms with Crippen LogP contribution in [0.5, 0.6) is 5.88 Å². The average Bonchev–Trinajstić information content (AvgIpc) is 2.36. The highest BCUT2D eigenvalue weighted by molar-refractivity contribution is 5.83. The second-order valence-electron chi connectivity index (χ2n) is 3.76. The first-order valence-corrected chi connectivity index (χ1v) is 5.45. The van der Waals surface area contributed by atoms with E-state index in [0.717, 1.165) is 6.42 Å². The van der Waals surface area contributed by atoms with Crippen LogP contribution in [0.1, 0.15) is 18.5 Å². The first-order chi connectivity index (χ1) is 8.66. The largest absolute Gasteiger partial charge is 0.512 e. The van der Waals surface area contributed by atoms with Crippen LogP contribution >= 0.6 is 0 Å². The SMILES string of the molecule is Cc1nnc(N/N=C/C2=C(O)CCC=C2)nc1O. The molecule has 7 nitrogen and oxygen atoms in total. The maximum Gasteiger partial charge on any atom is 0.266 e. The molecule has 1 aliphatic rings. The summed E-state index contributed by atoms with van der Waals surface area (Å²) in [6.45, 7) is 1.60. The molecule has 0 aliphatic heterocycles. The number of aromatic hydroxyl groups is 1. The molecule has 0 bridgehead atoms. The molecule has 1 aromatic rings. The molecule has 3 N–H and O–H groups in total. The summed E-state index contributed by atoms with van der Waals surface area (Å²) in [7, 11) is 0. The summed E-state index contributed by atoms with van der Waals surface area (Å²) >= 11 is 0. The van der Waals surface area contributed by atoms with Crippen LogP contribution in [0.2, 0.25) is 0 Å². The quantitative estimate of drug-likeness (QED) is 0.551. The predicted molar refractivity (Wildman–Crippen MR) is 66.4 cm³/mol. The van der Waals surface area contributed by atoms with Crippen LogP contribution < -0.4 is 5.43 Å². The summed E-state index contributed by atoms with van der Waals surface area (Å²) < 4.78 is 0. The normalized spacial score (nSPS) is 15.4. The fourth-order valence-corrected chi connectivity index (χ4v) is 1.37. The van der Waals surface area contributed by atoms with Crippen LogP contribution in [-0.2, 0) is 0 Å². The van der Waals surface area contributed by atoms with Gasteiger partial charge in [-0.05, 0) is 13.3 Å². The van der Waals surface area contributed by atoms with E-state index >= 15 is 0 Å². The minimum Gasteiger partial charge on any atom is -0.512 e. The number of aliphatic hydroxyl groups excluding tert-OH is 1. The van der Waals surface area contributed by atoms with Crippen molar-refractivity contribution in [2.24, 2.45) is 5.10 Å². The zero-order valence-electron chi connectivity index (χ0n) is 9.83. The molecular formula is C11H13N5O2. The smallest absolute Gasteiger partial charge is 0.266 e. The molecule has 0 atom stereocenters. The van der Waals surface area contributed by atoms with Crippen LogP contribution in [-0.4, -0.2) is 31.6 Å². The monoisotopic (exact) mass is 247 g/mol. The molecule has 7 heteroatoms. The minimum absolute atomic E-state index is 0.0919. The number of hydrogen-bond acceptors (Lipinski definition) is 7. The van der Waals surface area contributed by atoms with Gasteiger partial charge in [-0.2, -0.15) is 10.1 Å². The third-order valence-corrected chi connectivity index (χ3v) is 2.38. The van der Waals surface area contributed by atoms with E-state index in [2.05, 4.69) is 25.7 Å². The average molecular weight is 247 g/mol. The molecule has 1 aromatic heterocycles. The zero-order chi connectivity index (χ0) is 13.0. The third-order valence-electron chi connectivity index (χ3n) is 2.38. The number of rotatable bonds is 3. The van der Waals surface area contributed by atoms with Crippen molar-refractivity contribution >= 4 is 12.2 Å². The van der Waals surface area contributed by atoms with E-state index in [-0.39, 0.29) is 11.8 Å². The van der Waals surface area contributed by atoms with Gasteiger partial charge in [0.15, 0.2) is 0 Å². The van der Waals surface area contributed by atoms with Crippen molar-refractivity contribution in [3.05, 3.63) is 29.2 Å². The molecule has 2 rings (SSSR count). The molecule has 1 aliphatic carbocycles. The van der Waals surface area contributed by atoms with Gasteiger partial charge in [0, 0.05) is 12.0 Å². The molecule has 0 saturated carbocycles. The molecule has 18 heavy (non-hydrogen) atoms. The van der Waals surface area contributed by atoms with Crippen LogP contribution in [0.15, 0.2) is 28.6 Å². The lowest BCUT2D eigenvalue weighted by molar-refractivity contribution is 0.385. The molecule has 0 unspecified atom stereocenters. The van der Waals surface area contributed by atoms with Gasteiger partial charge in [0.1, 0.15) is 11.5 Å². The number of aryl methyl sites for hydroxylation is 1. The van der Waals surface area contributed by atoms with Crippen molar-refractivity contribution in [1.82, 2.24) is 15.2 Å². The van der Waals surface area contributed by atoms with E-state index in [0.29, 0.717) is 23.4 Å². The Kier molecular flexibility index (Phi) is 3.52. The Morgan fingerprint density at radius 3 is 2.94 bits per heavy atom. The Labute approximate surface area is 104 Å². The van der Waals surface area contributed by atoms with E-state index in [9.17, 15) is 10.2 Å². The first-order valence-electron chi connectivity index (χ1n) is 5.45. The van der Waals surface area contributed by atoms with Crippen LogP contribution in [0.25, 0.3) is 0 Å². The van der Waals surface area contributed by atoms with E-state index < -0.39 is 0 Å². The van der Waals surface area contributed by atoms with Gasteiger partial charge in [0.2, 0.25) is 5.88 Å². The fraction of sp³-hybridized carbons (Fsp3) is 0.273. The predicted octanol–water partition coefficient (Wildman–Crippen LogP) is 1.45. The second kappa shape index (κ2) is 5.26. The fourth-order valence-electron chi connectivity index (χ4n) is 1.37. The Morgan fingerprint density at radius 1 is 1.39 bits per heavy atom. The van der Waals surface area contributed by atoms with Crippen molar-refractivity contribution in [3.8, 4) is 5.88 Å². The van der Waals surface area contributed by atoms with Gasteiger partial charge in [0.25, 0.3) is 5.95 Å². The molecular weight excluding hydrogens is 234 g/mol. The van der Waals surface area contributed by atoms with E-state index in [1.165, 1.54) is 6.21 Å². The molecule has 0 amide bonds. The van der Waals surface area contributed by atoms with Gasteiger partial charge in [-0.3, -0.25) is 0 Å². The number of hydrazone groups is 1. The Morgan fingerprint density at radius 2 is 2.22 bits per heavy atom. The number of hydrogen-bond donors (Lipinski definition) is 3. The highest BCUT2D eigenvalue weighted by atomic mass is 16.3. The second-order valence-corrected chi connectivity index (χ2v) is 3.76. The Hall–Kier alpha value is -2.44. The maximum absolute atomic E-state index is 9.57. The van der Waals surface area contributed by atoms with Gasteiger partial charge in [0.05, 0.1) is 6.21 Å². The minimum atomic E-state index is -0.192. The van der Waals surface area contributed by atoms with Crippen LogP contribution in [0.3, 0.4) is 0 Å². The van der Waals surface area contributed by atoms with Crippen LogP contribution in [0.4, 0.5) is 5.95 Å². The van der Waals surface area contributed by atoms with Gasteiger partial charge in [-0.25, -0.2) is 5.43 Å². The first kappa shape index (κ1) is 12.0. The van der Waals surface area contributed by atoms with E-state index in [4.69, 9.17) is 0 Å². The maximum atomic E-state index is 9.57. The summed E-state index contributed by atoms with van der Waals surface area (Å²) in [4.78, 5) is 3.73. The molecule has 0 aromatic carbocycles. The molecule has 0 radical (unpaired) electrons. The van der Waals surface area contributed by atoms with Crippen molar-refractivity contribution < 1.29 is 10.2 Å². The highest BCUT2D eigenvalue weighted by Gasteiger charge is 2.05. The van der Waals surface area contributed by atoms with Gasteiger partial charge < -0.3 is 10.2 Å². The summed E-state index contributed by atoms with van der Waals surface area (Å²) in [6, 6.07) is 0. The number of allylic oxidation sites excluding steroid dienone is 4. The molecule has 1 heterocycles. The Bertz CT molecular complexity index is 536. The number of anilines is 1. The summed E-state index contributed by atoms with van der Waals surface area (Å²) in [6.07, 6.45) is 6.65. The number of nitrogens with zero attached hydrogens (tertiary/aromatic N) is 4. The summed E-state index contributed by atoms with van der Waals surface area (Å²) in [5, 5.41) is 30.1. The van der Waals surface area contributed by atoms with E-state index in [1.54, 1.807) is 13.0 Å². The van der Waals surface area contributed by atoms with Crippen molar-refractivity contribution in [2.75, 3.05) is 5.43 Å². The third kappa shape index (κ3) is 2.82. The number of nitrogens with one attached hydrogen (secondary N) is 1. The molecule has 0 spiro atoms. The molecule has 0 saturated heterocycles. The lowest BCUT2D eigenvalue weighted by Gasteiger charge is -2.06. The molecule has 0 fully saturated rings. The van der Waals surface area contributed by atoms with E-state index in [1.807, 2.05) is 6.08 Å². The zero-order valence-corrected chi connectivity index (χ0v) is 9.83. The number of aliphatic hydroxyl groups is 1. The van der Waals surface area contributed by atoms with Gasteiger partial charge >= 0.3 is 0 Å². The molecule has 94 valence electrons. The summed E-state index contributed by atoms with van der Waals surface area (Å²) in [5.41, 5.74) is 3.51.